The molecule has 0 aliphatic carbocycles. The Morgan fingerprint density at radius 3 is 2.00 bits per heavy atom. The van der Waals surface area contributed by atoms with Crippen LogP contribution in [0, 0.1) is 13.8 Å². The van der Waals surface area contributed by atoms with E-state index in [2.05, 4.69) is 9.97 Å². The Labute approximate surface area is 169 Å². The van der Waals surface area contributed by atoms with Crippen molar-refractivity contribution in [3.05, 3.63) is 74.0 Å². The maximum absolute atomic E-state index is 13.2. The highest BCUT2D eigenvalue weighted by Crippen LogP contribution is 2.25. The fourth-order valence-electron chi connectivity index (χ4n) is 3.96. The number of fused-ring (bicyclic) bond motifs is 4. The van der Waals surface area contributed by atoms with Gasteiger partial charge in [0.2, 0.25) is 0 Å². The molecule has 0 amide bonds. The van der Waals surface area contributed by atoms with Crippen molar-refractivity contribution >= 4 is 53.7 Å². The zero-order chi connectivity index (χ0) is 21.4. The van der Waals surface area contributed by atoms with Crippen molar-refractivity contribution in [2.45, 2.75) is 18.7 Å². The summed E-state index contributed by atoms with van der Waals surface area (Å²) in [6, 6.07) is 11.2. The van der Waals surface area contributed by atoms with E-state index in [-0.39, 0.29) is 21.1 Å². The lowest BCUT2D eigenvalue weighted by Gasteiger charge is -2.09. The minimum atomic E-state index is -4.46. The Balaban J connectivity index is 1.96. The van der Waals surface area contributed by atoms with Crippen molar-refractivity contribution in [3.63, 3.8) is 0 Å². The molecule has 3 N–H and O–H groups in total. The number of aromatic amines is 2. The minimum absolute atomic E-state index is 0.135. The van der Waals surface area contributed by atoms with Gasteiger partial charge in [0, 0.05) is 27.1 Å². The van der Waals surface area contributed by atoms with Crippen LogP contribution in [0.3, 0.4) is 0 Å². The van der Waals surface area contributed by atoms with E-state index in [1.165, 1.54) is 6.07 Å². The molecule has 30 heavy (non-hydrogen) atoms. The van der Waals surface area contributed by atoms with E-state index in [9.17, 15) is 22.6 Å². The summed E-state index contributed by atoms with van der Waals surface area (Å²) < 4.78 is 32.5. The van der Waals surface area contributed by atoms with Crippen molar-refractivity contribution < 1.29 is 13.0 Å². The zero-order valence-corrected chi connectivity index (χ0v) is 16.8. The lowest BCUT2D eigenvalue weighted by Crippen LogP contribution is -2.10. The van der Waals surface area contributed by atoms with Crippen molar-refractivity contribution in [2.75, 3.05) is 0 Å². The van der Waals surface area contributed by atoms with Gasteiger partial charge in [-0.1, -0.05) is 11.6 Å². The topological polar surface area (TPSA) is 120 Å². The molecule has 0 fully saturated rings. The quantitative estimate of drug-likeness (QED) is 0.283. The molecule has 0 radical (unpaired) electrons. The van der Waals surface area contributed by atoms with Crippen LogP contribution >= 0.6 is 0 Å². The van der Waals surface area contributed by atoms with E-state index >= 15 is 0 Å². The van der Waals surface area contributed by atoms with Gasteiger partial charge in [-0.15, -0.1) is 0 Å². The first-order chi connectivity index (χ1) is 14.1. The summed E-state index contributed by atoms with van der Waals surface area (Å²) in [6.45, 7) is 3.56. The second kappa shape index (κ2) is 6.01. The van der Waals surface area contributed by atoms with Gasteiger partial charge in [0.1, 0.15) is 0 Å². The van der Waals surface area contributed by atoms with Crippen LogP contribution in [0.25, 0.3) is 43.6 Å². The van der Waals surface area contributed by atoms with Crippen LogP contribution in [0.1, 0.15) is 11.1 Å². The number of pyridine rings is 2. The van der Waals surface area contributed by atoms with Gasteiger partial charge in [-0.25, -0.2) is 0 Å². The smallest absolute Gasteiger partial charge is 0.294 e. The summed E-state index contributed by atoms with van der Waals surface area (Å²) in [7, 11) is -4.46. The summed E-state index contributed by atoms with van der Waals surface area (Å²) in [5.41, 5.74) is 3.03. The molecular formula is C22H16N2O5S. The fourth-order valence-corrected chi connectivity index (χ4v) is 4.55. The summed E-state index contributed by atoms with van der Waals surface area (Å²) in [5, 5.41) is 1.47. The van der Waals surface area contributed by atoms with Crippen LogP contribution in [0.15, 0.2) is 56.9 Å². The highest BCUT2D eigenvalue weighted by atomic mass is 32.2. The van der Waals surface area contributed by atoms with Crippen molar-refractivity contribution in [3.8, 4) is 0 Å². The number of rotatable bonds is 1. The summed E-state index contributed by atoms with van der Waals surface area (Å²) in [4.78, 5) is 32.2. The standard InChI is InChI=1S/C22H16N2O5S/c1-10-3-4-17-13(5-10)21(25)14-9-19-15(8-18(14)23-17)22(26)16-7-12(30(27,28)29)6-11(2)20(16)24-19/h3-9H,1-2H3,(H,23,25)(H,24,26)(H,27,28,29). The molecule has 0 bridgehead atoms. The number of hydrogen-bond acceptors (Lipinski definition) is 4. The van der Waals surface area contributed by atoms with Gasteiger partial charge in [-0.3, -0.25) is 14.1 Å². The molecule has 5 rings (SSSR count). The van der Waals surface area contributed by atoms with Gasteiger partial charge in [0.05, 0.1) is 21.4 Å². The predicted molar refractivity (Wildman–Crippen MR) is 117 cm³/mol. The average molecular weight is 420 g/mol. The maximum atomic E-state index is 13.2. The normalized spacial score (nSPS) is 12.4. The molecule has 7 nitrogen and oxygen atoms in total. The van der Waals surface area contributed by atoms with Crippen LogP contribution in [0.4, 0.5) is 0 Å². The Kier molecular flexibility index (Phi) is 3.71. The van der Waals surface area contributed by atoms with E-state index in [1.807, 2.05) is 25.1 Å². The largest absolute Gasteiger partial charge is 0.354 e. The first kappa shape index (κ1) is 18.5. The molecule has 2 aromatic heterocycles. The number of H-pyrrole nitrogens is 2. The molecule has 0 unspecified atom stereocenters. The number of nitrogens with one attached hydrogen (secondary N) is 2. The van der Waals surface area contributed by atoms with Gasteiger partial charge >= 0.3 is 0 Å². The van der Waals surface area contributed by atoms with E-state index in [1.54, 1.807) is 19.1 Å². The van der Waals surface area contributed by atoms with Crippen LogP contribution in [0.5, 0.6) is 0 Å². The van der Waals surface area contributed by atoms with Gasteiger partial charge in [-0.2, -0.15) is 8.42 Å². The molecular weight excluding hydrogens is 404 g/mol. The summed E-state index contributed by atoms with van der Waals surface area (Å²) in [6.07, 6.45) is 0. The van der Waals surface area contributed by atoms with Gasteiger partial charge in [0.25, 0.3) is 10.1 Å². The lowest BCUT2D eigenvalue weighted by atomic mass is 10.0. The van der Waals surface area contributed by atoms with Gasteiger partial charge < -0.3 is 9.97 Å². The lowest BCUT2D eigenvalue weighted by molar-refractivity contribution is 0.483. The zero-order valence-electron chi connectivity index (χ0n) is 16.0. The third-order valence-corrected chi connectivity index (χ3v) is 6.28. The highest BCUT2D eigenvalue weighted by molar-refractivity contribution is 7.85. The van der Waals surface area contributed by atoms with Crippen molar-refractivity contribution in [1.29, 1.82) is 0 Å². The third kappa shape index (κ3) is 2.65. The molecule has 5 aromatic rings. The molecule has 0 saturated heterocycles. The Hall–Kier alpha value is -3.49. The number of aromatic nitrogens is 2. The molecule has 0 aliphatic heterocycles. The first-order valence-corrected chi connectivity index (χ1v) is 10.6. The number of hydrogen-bond donors (Lipinski definition) is 3. The SMILES string of the molecule is Cc1ccc2[nH]c3cc4c(=O)c5cc(S(=O)(=O)O)cc(C)c5[nH]c4cc3c(=O)c2c1. The molecule has 8 heteroatoms. The van der Waals surface area contributed by atoms with Crippen LogP contribution in [-0.4, -0.2) is 22.9 Å². The third-order valence-electron chi connectivity index (χ3n) is 5.45. The molecule has 0 atom stereocenters. The van der Waals surface area contributed by atoms with Crippen LogP contribution in [-0.2, 0) is 10.1 Å². The van der Waals surface area contributed by atoms with E-state index in [0.29, 0.717) is 43.8 Å². The van der Waals surface area contributed by atoms with Crippen molar-refractivity contribution in [2.24, 2.45) is 0 Å². The van der Waals surface area contributed by atoms with E-state index in [0.717, 1.165) is 11.6 Å². The highest BCUT2D eigenvalue weighted by Gasteiger charge is 2.16. The average Bonchev–Trinajstić information content (AvgIpc) is 2.68. The van der Waals surface area contributed by atoms with Gasteiger partial charge in [0.15, 0.2) is 10.9 Å². The predicted octanol–water partition coefficient (Wildman–Crippen LogP) is 3.54. The van der Waals surface area contributed by atoms with Crippen LogP contribution < -0.4 is 10.9 Å². The Morgan fingerprint density at radius 1 is 0.733 bits per heavy atom. The Morgan fingerprint density at radius 2 is 1.33 bits per heavy atom. The molecule has 3 aromatic carbocycles. The van der Waals surface area contributed by atoms with Crippen LogP contribution in [0.2, 0.25) is 0 Å². The fraction of sp³-hybridized carbons (Fsp3) is 0.0909. The second-order valence-electron chi connectivity index (χ2n) is 7.54. The monoisotopic (exact) mass is 420 g/mol. The molecule has 2 heterocycles. The Bertz CT molecular complexity index is 1780. The number of aryl methyl sites for hydroxylation is 2. The minimum Gasteiger partial charge on any atom is -0.354 e. The molecule has 0 spiro atoms. The molecule has 150 valence electrons. The van der Waals surface area contributed by atoms with E-state index < -0.39 is 10.1 Å². The maximum Gasteiger partial charge on any atom is 0.294 e. The number of benzene rings is 3. The molecule has 0 saturated carbocycles. The first-order valence-electron chi connectivity index (χ1n) is 9.18. The van der Waals surface area contributed by atoms with E-state index in [4.69, 9.17) is 0 Å². The molecule has 0 aliphatic rings. The van der Waals surface area contributed by atoms with Gasteiger partial charge in [-0.05, 0) is 55.8 Å². The summed E-state index contributed by atoms with van der Waals surface area (Å²) >= 11 is 0. The summed E-state index contributed by atoms with van der Waals surface area (Å²) in [5.74, 6) is 0. The van der Waals surface area contributed by atoms with Crippen molar-refractivity contribution in [1.82, 2.24) is 9.97 Å². The second-order valence-corrected chi connectivity index (χ2v) is 8.96.